The molecule has 0 heterocycles. The molecule has 1 aromatic carbocycles. The molecule has 0 unspecified atom stereocenters. The minimum absolute atomic E-state index is 0.161. The maximum absolute atomic E-state index is 10.2. The van der Waals surface area contributed by atoms with Crippen molar-refractivity contribution >= 4 is 0 Å². The van der Waals surface area contributed by atoms with Gasteiger partial charge in [-0.3, -0.25) is 0 Å². The van der Waals surface area contributed by atoms with Gasteiger partial charge < -0.3 is 10.4 Å². The van der Waals surface area contributed by atoms with Crippen LogP contribution in [0.2, 0.25) is 0 Å². The van der Waals surface area contributed by atoms with E-state index in [1.54, 1.807) is 0 Å². The van der Waals surface area contributed by atoms with Crippen molar-refractivity contribution in [1.29, 1.82) is 0 Å². The van der Waals surface area contributed by atoms with E-state index in [1.165, 1.54) is 0 Å². The number of aliphatic hydroxyl groups excluding tert-OH is 1. The summed E-state index contributed by atoms with van der Waals surface area (Å²) in [5.41, 5.74) is 1.48. The predicted molar refractivity (Wildman–Crippen MR) is 76.3 cm³/mol. The van der Waals surface area contributed by atoms with Crippen LogP contribution >= 0.6 is 0 Å². The van der Waals surface area contributed by atoms with Gasteiger partial charge in [0.1, 0.15) is 12.6 Å². The van der Waals surface area contributed by atoms with Crippen LogP contribution in [-0.4, -0.2) is 17.2 Å². The summed E-state index contributed by atoms with van der Waals surface area (Å²) in [5, 5.41) is 12.4. The van der Waals surface area contributed by atoms with E-state index in [0.717, 1.165) is 12.0 Å². The smallest absolute Gasteiger partial charge is 0.128 e. The largest absolute Gasteiger partial charge is 0.382 e. The molecule has 0 fully saturated rings. The Labute approximate surface area is 111 Å². The molecule has 1 aromatic rings. The van der Waals surface area contributed by atoms with E-state index in [4.69, 9.17) is 0 Å². The molecule has 2 heteroatoms. The molecule has 1 rings (SSSR count). The standard InChI is InChI=1S/C16H27NO/c1-15(2,3)12-16(4,5)17-11-14(18)13-9-7-6-8-10-13/h6-10,14,17-18H,11-12H2,1-5H3/p+1/t14-/m1/s1. The average Bonchev–Trinajstić information content (AvgIpc) is 2.24. The second-order valence-electron chi connectivity index (χ2n) is 7.09. The summed E-state index contributed by atoms with van der Waals surface area (Å²) in [6.45, 7) is 12.0. The molecule has 102 valence electrons. The average molecular weight is 250 g/mol. The predicted octanol–water partition coefficient (Wildman–Crippen LogP) is 2.50. The highest BCUT2D eigenvalue weighted by Gasteiger charge is 2.29. The second kappa shape index (κ2) is 5.85. The summed E-state index contributed by atoms with van der Waals surface area (Å²) in [5.74, 6) is 0. The molecule has 0 amide bonds. The fourth-order valence-electron chi connectivity index (χ4n) is 2.68. The summed E-state index contributed by atoms with van der Waals surface area (Å²) in [4.78, 5) is 0. The maximum Gasteiger partial charge on any atom is 0.128 e. The van der Waals surface area contributed by atoms with Gasteiger partial charge in [0.05, 0.1) is 5.54 Å². The fraction of sp³-hybridized carbons (Fsp3) is 0.625. The normalized spacial score (nSPS) is 14.6. The summed E-state index contributed by atoms with van der Waals surface area (Å²) >= 11 is 0. The van der Waals surface area contributed by atoms with Crippen molar-refractivity contribution in [2.45, 2.75) is 52.7 Å². The summed E-state index contributed by atoms with van der Waals surface area (Å²) in [7, 11) is 0. The van der Waals surface area contributed by atoms with Crippen LogP contribution in [0.4, 0.5) is 0 Å². The van der Waals surface area contributed by atoms with E-state index < -0.39 is 0 Å². The Morgan fingerprint density at radius 2 is 1.61 bits per heavy atom. The third kappa shape index (κ3) is 5.65. The molecule has 0 aliphatic rings. The zero-order valence-corrected chi connectivity index (χ0v) is 12.4. The van der Waals surface area contributed by atoms with Crippen LogP contribution in [0.1, 0.15) is 52.7 Å². The summed E-state index contributed by atoms with van der Waals surface area (Å²) in [6.07, 6.45) is 0.743. The van der Waals surface area contributed by atoms with Crippen LogP contribution in [-0.2, 0) is 0 Å². The van der Waals surface area contributed by atoms with Crippen LogP contribution in [0.5, 0.6) is 0 Å². The van der Waals surface area contributed by atoms with Gasteiger partial charge in [0.2, 0.25) is 0 Å². The van der Waals surface area contributed by atoms with Gasteiger partial charge in [0.25, 0.3) is 0 Å². The fourth-order valence-corrected chi connectivity index (χ4v) is 2.68. The molecular formula is C16H28NO+. The minimum Gasteiger partial charge on any atom is -0.382 e. The van der Waals surface area contributed by atoms with Crippen molar-refractivity contribution in [1.82, 2.24) is 0 Å². The monoisotopic (exact) mass is 250 g/mol. The Hall–Kier alpha value is -0.860. The third-order valence-electron chi connectivity index (χ3n) is 3.06. The van der Waals surface area contributed by atoms with Crippen LogP contribution in [0.15, 0.2) is 30.3 Å². The Balaban J connectivity index is 2.50. The van der Waals surface area contributed by atoms with E-state index in [1.807, 2.05) is 30.3 Å². The molecule has 0 aromatic heterocycles. The Kier molecular flexibility index (Phi) is 4.94. The lowest BCUT2D eigenvalue weighted by Crippen LogP contribution is -2.96. The zero-order chi connectivity index (χ0) is 13.8. The molecule has 0 radical (unpaired) electrons. The quantitative estimate of drug-likeness (QED) is 0.827. The number of benzene rings is 1. The molecule has 0 bridgehead atoms. The summed E-state index contributed by atoms with van der Waals surface area (Å²) < 4.78 is 0. The SMILES string of the molecule is CC(C)(C)CC(C)(C)[NH2+]C[C@@H](O)c1ccccc1. The van der Waals surface area contributed by atoms with Crippen LogP contribution < -0.4 is 5.32 Å². The first kappa shape index (κ1) is 15.2. The molecule has 18 heavy (non-hydrogen) atoms. The van der Waals surface area contributed by atoms with Gasteiger partial charge in [0, 0.05) is 6.42 Å². The number of hydrogen-bond acceptors (Lipinski definition) is 1. The van der Waals surface area contributed by atoms with E-state index in [0.29, 0.717) is 12.0 Å². The van der Waals surface area contributed by atoms with Crippen molar-refractivity contribution in [2.24, 2.45) is 5.41 Å². The Morgan fingerprint density at radius 1 is 1.06 bits per heavy atom. The van der Waals surface area contributed by atoms with Crippen molar-refractivity contribution in [3.63, 3.8) is 0 Å². The summed E-state index contributed by atoms with van der Waals surface area (Å²) in [6, 6.07) is 9.88. The van der Waals surface area contributed by atoms with Crippen molar-refractivity contribution in [2.75, 3.05) is 6.54 Å². The number of aliphatic hydroxyl groups is 1. The van der Waals surface area contributed by atoms with Gasteiger partial charge in [-0.1, -0.05) is 51.1 Å². The van der Waals surface area contributed by atoms with Crippen molar-refractivity contribution in [3.8, 4) is 0 Å². The van der Waals surface area contributed by atoms with Gasteiger partial charge in [-0.25, -0.2) is 0 Å². The molecule has 0 spiro atoms. The first-order chi connectivity index (χ1) is 8.20. The van der Waals surface area contributed by atoms with E-state index in [2.05, 4.69) is 39.9 Å². The molecule has 0 saturated heterocycles. The lowest BCUT2D eigenvalue weighted by molar-refractivity contribution is -0.728. The van der Waals surface area contributed by atoms with Crippen molar-refractivity contribution < 1.29 is 10.4 Å². The number of rotatable bonds is 5. The van der Waals surface area contributed by atoms with E-state index >= 15 is 0 Å². The van der Waals surface area contributed by atoms with Gasteiger partial charge in [-0.05, 0) is 24.8 Å². The van der Waals surface area contributed by atoms with Gasteiger partial charge in [0.15, 0.2) is 0 Å². The van der Waals surface area contributed by atoms with Crippen LogP contribution in [0.25, 0.3) is 0 Å². The molecule has 0 aliphatic heterocycles. The number of quaternary nitrogens is 1. The van der Waals surface area contributed by atoms with Crippen LogP contribution in [0, 0.1) is 5.41 Å². The molecule has 2 nitrogen and oxygen atoms in total. The van der Waals surface area contributed by atoms with Gasteiger partial charge >= 0.3 is 0 Å². The topological polar surface area (TPSA) is 36.8 Å². The highest BCUT2D eigenvalue weighted by atomic mass is 16.3. The second-order valence-corrected chi connectivity index (χ2v) is 7.09. The zero-order valence-electron chi connectivity index (χ0n) is 12.4. The Morgan fingerprint density at radius 3 is 2.11 bits per heavy atom. The van der Waals surface area contributed by atoms with Crippen molar-refractivity contribution in [3.05, 3.63) is 35.9 Å². The Bertz CT molecular complexity index is 351. The molecule has 3 N–H and O–H groups in total. The highest BCUT2D eigenvalue weighted by Crippen LogP contribution is 2.24. The minimum atomic E-state index is -0.384. The third-order valence-corrected chi connectivity index (χ3v) is 3.06. The highest BCUT2D eigenvalue weighted by molar-refractivity contribution is 5.17. The lowest BCUT2D eigenvalue weighted by Gasteiger charge is -2.31. The van der Waals surface area contributed by atoms with Crippen LogP contribution in [0.3, 0.4) is 0 Å². The first-order valence-corrected chi connectivity index (χ1v) is 6.77. The first-order valence-electron chi connectivity index (χ1n) is 6.77. The number of nitrogens with two attached hydrogens (primary N) is 1. The lowest BCUT2D eigenvalue weighted by atomic mass is 9.81. The van der Waals surface area contributed by atoms with E-state index in [-0.39, 0.29) is 11.6 Å². The van der Waals surface area contributed by atoms with E-state index in [9.17, 15) is 5.11 Å². The van der Waals surface area contributed by atoms with Gasteiger partial charge in [-0.2, -0.15) is 0 Å². The molecular weight excluding hydrogens is 222 g/mol. The van der Waals surface area contributed by atoms with Gasteiger partial charge in [-0.15, -0.1) is 0 Å². The molecule has 0 aliphatic carbocycles. The maximum atomic E-state index is 10.2. The molecule has 1 atom stereocenters. The number of hydrogen-bond donors (Lipinski definition) is 2. The molecule has 0 saturated carbocycles.